The third kappa shape index (κ3) is 2.71. The highest BCUT2D eigenvalue weighted by Gasteiger charge is 2.22. The van der Waals surface area contributed by atoms with E-state index in [1.54, 1.807) is 0 Å². The van der Waals surface area contributed by atoms with Gasteiger partial charge in [0, 0.05) is 5.56 Å². The lowest BCUT2D eigenvalue weighted by molar-refractivity contribution is 0.0600. The summed E-state index contributed by atoms with van der Waals surface area (Å²) in [5, 5.41) is 8.56. The van der Waals surface area contributed by atoms with E-state index in [1.165, 1.54) is 31.4 Å². The number of carboxylic acid groups (broad SMARTS) is 1. The number of nitrogens with two attached hydrogens (primary N) is 1. The first-order valence-electron chi connectivity index (χ1n) is 5.93. The van der Waals surface area contributed by atoms with E-state index >= 15 is 0 Å². The molecule has 1 heterocycles. The Labute approximate surface area is 129 Å². The van der Waals surface area contributed by atoms with E-state index in [-0.39, 0.29) is 16.8 Å². The number of benzene rings is 1. The quantitative estimate of drug-likeness (QED) is 0.841. The molecule has 0 aliphatic carbocycles. The minimum atomic E-state index is -1.43. The van der Waals surface area contributed by atoms with Crippen LogP contribution in [0.2, 0.25) is 5.02 Å². The van der Waals surface area contributed by atoms with Gasteiger partial charge in [-0.1, -0.05) is 23.7 Å². The fourth-order valence-corrected chi connectivity index (χ4v) is 1.98. The summed E-state index contributed by atoms with van der Waals surface area (Å²) in [6.07, 6.45) is 0. The van der Waals surface area contributed by atoms with E-state index in [9.17, 15) is 14.0 Å². The third-order valence-electron chi connectivity index (χ3n) is 2.89. The minimum absolute atomic E-state index is 0.246. The molecule has 2 rings (SSSR count). The first kappa shape index (κ1) is 15.7. The van der Waals surface area contributed by atoms with Crippen molar-refractivity contribution in [2.24, 2.45) is 0 Å². The van der Waals surface area contributed by atoms with Gasteiger partial charge in [0.1, 0.15) is 5.69 Å². The van der Waals surface area contributed by atoms with Crippen LogP contribution in [-0.2, 0) is 4.74 Å². The van der Waals surface area contributed by atoms with Gasteiger partial charge in [0.25, 0.3) is 0 Å². The number of methoxy groups -OCH3 is 1. The second-order valence-electron chi connectivity index (χ2n) is 4.22. The van der Waals surface area contributed by atoms with Crippen LogP contribution in [-0.4, -0.2) is 29.1 Å². The number of aromatic carboxylic acids is 1. The van der Waals surface area contributed by atoms with Crippen molar-refractivity contribution >= 4 is 29.2 Å². The van der Waals surface area contributed by atoms with Crippen LogP contribution in [0.25, 0.3) is 11.3 Å². The topological polar surface area (TPSA) is 103 Å². The largest absolute Gasteiger partial charge is 0.476 e. The molecule has 6 nitrogen and oxygen atoms in total. The molecule has 1 aromatic carbocycles. The fourth-order valence-electron chi connectivity index (χ4n) is 1.78. The molecule has 22 heavy (non-hydrogen) atoms. The number of esters is 1. The third-order valence-corrected chi connectivity index (χ3v) is 3.28. The van der Waals surface area contributed by atoms with Gasteiger partial charge in [-0.3, -0.25) is 0 Å². The number of anilines is 1. The summed E-state index contributed by atoms with van der Waals surface area (Å²) in [5.41, 5.74) is 4.66. The molecule has 0 aliphatic rings. The Balaban J connectivity index is 2.57. The molecule has 0 unspecified atom stereocenters. The fraction of sp³-hybridized carbons (Fsp3) is 0.0714. The van der Waals surface area contributed by atoms with Gasteiger partial charge in [0.2, 0.25) is 0 Å². The van der Waals surface area contributed by atoms with Crippen molar-refractivity contribution in [1.82, 2.24) is 4.98 Å². The molecule has 0 fully saturated rings. The van der Waals surface area contributed by atoms with E-state index in [0.717, 1.165) is 0 Å². The van der Waals surface area contributed by atoms with E-state index in [2.05, 4.69) is 9.72 Å². The Morgan fingerprint density at radius 1 is 1.32 bits per heavy atom. The molecular weight excluding hydrogens is 315 g/mol. The molecule has 0 amide bonds. The first-order chi connectivity index (χ1) is 10.4. The van der Waals surface area contributed by atoms with Crippen LogP contribution in [0.1, 0.15) is 20.8 Å². The lowest BCUT2D eigenvalue weighted by Crippen LogP contribution is -2.08. The van der Waals surface area contributed by atoms with E-state index in [0.29, 0.717) is 0 Å². The average molecular weight is 325 g/mol. The normalized spacial score (nSPS) is 10.3. The number of rotatable bonds is 3. The number of carbonyl (C=O) groups is 2. The van der Waals surface area contributed by atoms with Crippen molar-refractivity contribution in [2.75, 3.05) is 12.8 Å². The van der Waals surface area contributed by atoms with Gasteiger partial charge in [0.15, 0.2) is 11.5 Å². The average Bonchev–Trinajstić information content (AvgIpc) is 2.52. The van der Waals surface area contributed by atoms with Gasteiger partial charge in [-0.05, 0) is 12.1 Å². The standard InChI is InChI=1S/C14H10ClFN2O4/c1-22-14(21)7-4-2-6(3-5-7)11-9(16)10(17)8(15)12(18-11)13(19)20/h2-5H,1H3,(H2,17,18)(H,19,20). The Morgan fingerprint density at radius 3 is 2.41 bits per heavy atom. The van der Waals surface area contributed by atoms with Crippen molar-refractivity contribution in [3.8, 4) is 11.3 Å². The number of ether oxygens (including phenoxy) is 1. The van der Waals surface area contributed by atoms with Crippen molar-refractivity contribution < 1.29 is 23.8 Å². The molecule has 0 aliphatic heterocycles. The lowest BCUT2D eigenvalue weighted by Gasteiger charge is -2.09. The van der Waals surface area contributed by atoms with Gasteiger partial charge in [-0.25, -0.2) is 19.0 Å². The van der Waals surface area contributed by atoms with Crippen LogP contribution in [0.4, 0.5) is 10.1 Å². The summed E-state index contributed by atoms with van der Waals surface area (Å²) in [6, 6.07) is 5.59. The molecule has 0 saturated heterocycles. The Hall–Kier alpha value is -2.67. The van der Waals surface area contributed by atoms with Gasteiger partial charge in [-0.15, -0.1) is 0 Å². The monoisotopic (exact) mass is 324 g/mol. The molecule has 0 atom stereocenters. The lowest BCUT2D eigenvalue weighted by atomic mass is 10.1. The molecule has 0 spiro atoms. The Morgan fingerprint density at radius 2 is 1.91 bits per heavy atom. The zero-order valence-corrected chi connectivity index (χ0v) is 12.0. The summed E-state index contributed by atoms with van der Waals surface area (Å²) in [4.78, 5) is 26.1. The summed E-state index contributed by atoms with van der Waals surface area (Å²) >= 11 is 5.67. The number of aromatic nitrogens is 1. The SMILES string of the molecule is COC(=O)c1ccc(-c2nc(C(=O)O)c(Cl)c(N)c2F)cc1. The summed E-state index contributed by atoms with van der Waals surface area (Å²) in [7, 11) is 1.23. The summed E-state index contributed by atoms with van der Waals surface area (Å²) < 4.78 is 18.7. The van der Waals surface area contributed by atoms with Crippen molar-refractivity contribution in [1.29, 1.82) is 0 Å². The molecule has 3 N–H and O–H groups in total. The molecule has 0 radical (unpaired) electrons. The number of pyridine rings is 1. The number of carbonyl (C=O) groups excluding carboxylic acids is 1. The van der Waals surface area contributed by atoms with E-state index in [4.69, 9.17) is 22.4 Å². The zero-order valence-electron chi connectivity index (χ0n) is 11.3. The highest BCUT2D eigenvalue weighted by molar-refractivity contribution is 6.35. The molecule has 114 valence electrons. The van der Waals surface area contributed by atoms with Crippen LogP contribution >= 0.6 is 11.6 Å². The van der Waals surface area contributed by atoms with Crippen molar-refractivity contribution in [2.45, 2.75) is 0 Å². The summed E-state index contributed by atoms with van der Waals surface area (Å²) in [6.45, 7) is 0. The summed E-state index contributed by atoms with van der Waals surface area (Å²) in [5.74, 6) is -2.91. The number of nitrogen functional groups attached to an aromatic ring is 1. The van der Waals surface area contributed by atoms with E-state index < -0.39 is 34.2 Å². The Bertz CT molecular complexity index is 762. The maximum Gasteiger partial charge on any atom is 0.356 e. The van der Waals surface area contributed by atoms with Crippen LogP contribution in [0.15, 0.2) is 24.3 Å². The minimum Gasteiger partial charge on any atom is -0.476 e. The van der Waals surface area contributed by atoms with E-state index in [1.807, 2.05) is 0 Å². The van der Waals surface area contributed by atoms with Crippen molar-refractivity contribution in [3.05, 3.63) is 46.4 Å². The Kier molecular flexibility index (Phi) is 4.27. The smallest absolute Gasteiger partial charge is 0.356 e. The molecule has 0 bridgehead atoms. The molecule has 0 saturated carbocycles. The number of hydrogen-bond donors (Lipinski definition) is 2. The van der Waals surface area contributed by atoms with Gasteiger partial charge in [0.05, 0.1) is 23.4 Å². The molecule has 2 aromatic rings. The highest BCUT2D eigenvalue weighted by atomic mass is 35.5. The predicted molar refractivity (Wildman–Crippen MR) is 77.4 cm³/mol. The van der Waals surface area contributed by atoms with Gasteiger partial charge in [-0.2, -0.15) is 0 Å². The van der Waals surface area contributed by atoms with Crippen LogP contribution in [0, 0.1) is 5.82 Å². The van der Waals surface area contributed by atoms with Crippen LogP contribution in [0.3, 0.4) is 0 Å². The number of halogens is 2. The zero-order chi connectivity index (χ0) is 16.4. The van der Waals surface area contributed by atoms with Crippen LogP contribution < -0.4 is 5.73 Å². The highest BCUT2D eigenvalue weighted by Crippen LogP contribution is 2.32. The molecular formula is C14H10ClFN2O4. The number of nitrogens with zero attached hydrogens (tertiary/aromatic N) is 1. The van der Waals surface area contributed by atoms with Crippen LogP contribution in [0.5, 0.6) is 0 Å². The maximum atomic E-state index is 14.2. The second kappa shape index (κ2) is 5.98. The second-order valence-corrected chi connectivity index (χ2v) is 4.60. The maximum absolute atomic E-state index is 14.2. The molecule has 1 aromatic heterocycles. The molecule has 8 heteroatoms. The number of carboxylic acids is 1. The van der Waals surface area contributed by atoms with Gasteiger partial charge < -0.3 is 15.6 Å². The van der Waals surface area contributed by atoms with Gasteiger partial charge >= 0.3 is 11.9 Å². The first-order valence-corrected chi connectivity index (χ1v) is 6.31. The number of hydrogen-bond acceptors (Lipinski definition) is 5. The predicted octanol–water partition coefficient (Wildman–Crippen LogP) is 2.61. The van der Waals surface area contributed by atoms with Crippen molar-refractivity contribution in [3.63, 3.8) is 0 Å².